The molecule has 3 saturated heterocycles. The molecule has 0 aliphatic carbocycles. The highest BCUT2D eigenvalue weighted by molar-refractivity contribution is 5.77. The van der Waals surface area contributed by atoms with Crippen LogP contribution in [0.3, 0.4) is 0 Å². The molecule has 0 aromatic carbocycles. The lowest BCUT2D eigenvalue weighted by atomic mass is 9.82. The third-order valence-corrected chi connectivity index (χ3v) is 3.38. The van der Waals surface area contributed by atoms with Crippen molar-refractivity contribution in [3.8, 4) is 0 Å². The number of nitrogens with zero attached hydrogens (tertiary/aromatic N) is 1. The molecule has 0 aromatic rings. The third-order valence-electron chi connectivity index (χ3n) is 3.38. The van der Waals surface area contributed by atoms with Crippen LogP contribution in [0.15, 0.2) is 0 Å². The normalized spacial score (nSPS) is 44.4. The second-order valence-electron chi connectivity index (χ2n) is 4.03. The topological polar surface area (TPSA) is 40.5 Å². The van der Waals surface area contributed by atoms with Gasteiger partial charge in [0.15, 0.2) is 0 Å². The highest BCUT2D eigenvalue weighted by atomic mass is 19.1. The number of fused-ring (bicyclic) bond motifs is 4. The van der Waals surface area contributed by atoms with Gasteiger partial charge in [-0.1, -0.05) is 0 Å². The van der Waals surface area contributed by atoms with E-state index in [1.165, 1.54) is 0 Å². The first-order valence-electron chi connectivity index (χ1n) is 4.77. The average Bonchev–Trinajstić information content (AvgIpc) is 2.38. The summed E-state index contributed by atoms with van der Waals surface area (Å²) in [4.78, 5) is 13.0. The van der Waals surface area contributed by atoms with Crippen LogP contribution in [0.2, 0.25) is 0 Å². The van der Waals surface area contributed by atoms with Crippen LogP contribution in [0.1, 0.15) is 19.3 Å². The van der Waals surface area contributed by atoms with E-state index in [-0.39, 0.29) is 12.3 Å². The van der Waals surface area contributed by atoms with E-state index >= 15 is 0 Å². The molecule has 2 bridgehead atoms. The van der Waals surface area contributed by atoms with E-state index in [2.05, 4.69) is 4.90 Å². The summed E-state index contributed by atoms with van der Waals surface area (Å²) < 4.78 is 14.0. The van der Waals surface area contributed by atoms with Crippen LogP contribution >= 0.6 is 0 Å². The number of halogens is 1. The number of carboxylic acids is 1. The lowest BCUT2D eigenvalue weighted by Crippen LogP contribution is -2.42. The molecule has 0 saturated carbocycles. The van der Waals surface area contributed by atoms with Crippen LogP contribution in [0.4, 0.5) is 4.39 Å². The van der Waals surface area contributed by atoms with Gasteiger partial charge in [-0.15, -0.1) is 0 Å². The van der Waals surface area contributed by atoms with E-state index in [4.69, 9.17) is 5.11 Å². The monoisotopic (exact) mass is 187 g/mol. The van der Waals surface area contributed by atoms with Crippen LogP contribution in [0.5, 0.6) is 0 Å². The van der Waals surface area contributed by atoms with Gasteiger partial charge < -0.3 is 10.0 Å². The number of rotatable bonds is 1. The highest BCUT2D eigenvalue weighted by Crippen LogP contribution is 2.38. The van der Waals surface area contributed by atoms with Crippen molar-refractivity contribution >= 4 is 5.97 Å². The summed E-state index contributed by atoms with van der Waals surface area (Å²) >= 11 is 0. The van der Waals surface area contributed by atoms with E-state index in [0.717, 1.165) is 13.1 Å². The van der Waals surface area contributed by atoms with Gasteiger partial charge in [0.1, 0.15) is 0 Å². The van der Waals surface area contributed by atoms with Crippen molar-refractivity contribution in [1.82, 2.24) is 4.90 Å². The minimum absolute atomic E-state index is 0.160. The van der Waals surface area contributed by atoms with Crippen LogP contribution in [0.25, 0.3) is 0 Å². The van der Waals surface area contributed by atoms with Gasteiger partial charge in [0.05, 0.1) is 0 Å². The summed E-state index contributed by atoms with van der Waals surface area (Å²) in [6.07, 6.45) is 1.55. The van der Waals surface area contributed by atoms with Gasteiger partial charge in [-0.2, -0.15) is 0 Å². The minimum Gasteiger partial charge on any atom is -0.479 e. The lowest BCUT2D eigenvalue weighted by molar-refractivity contribution is -0.155. The molecule has 3 rings (SSSR count). The number of carboxylic acid groups (broad SMARTS) is 1. The Kier molecular flexibility index (Phi) is 2.02. The first-order valence-corrected chi connectivity index (χ1v) is 4.77. The zero-order chi connectivity index (χ0) is 9.47. The summed E-state index contributed by atoms with van der Waals surface area (Å²) in [5, 5.41) is 8.85. The fourth-order valence-electron chi connectivity index (χ4n) is 2.42. The maximum absolute atomic E-state index is 14.0. The summed E-state index contributed by atoms with van der Waals surface area (Å²) in [5.41, 5.74) is -1.95. The Morgan fingerprint density at radius 1 is 1.38 bits per heavy atom. The Morgan fingerprint density at radius 2 is 2.00 bits per heavy atom. The van der Waals surface area contributed by atoms with Crippen LogP contribution < -0.4 is 0 Å². The van der Waals surface area contributed by atoms with E-state index < -0.39 is 11.6 Å². The van der Waals surface area contributed by atoms with Crippen molar-refractivity contribution in [3.63, 3.8) is 0 Å². The smallest absolute Gasteiger partial charge is 0.341 e. The summed E-state index contributed by atoms with van der Waals surface area (Å²) in [6, 6.07) is 0. The van der Waals surface area contributed by atoms with Gasteiger partial charge in [-0.05, 0) is 25.9 Å². The molecule has 0 amide bonds. The summed E-state index contributed by atoms with van der Waals surface area (Å²) in [7, 11) is 0. The molecule has 3 heterocycles. The first kappa shape index (κ1) is 8.94. The fourth-order valence-corrected chi connectivity index (χ4v) is 2.42. The molecule has 3 aliphatic heterocycles. The molecule has 3 nitrogen and oxygen atoms in total. The second-order valence-corrected chi connectivity index (χ2v) is 4.03. The third kappa shape index (κ3) is 1.33. The quantitative estimate of drug-likeness (QED) is 0.663. The maximum atomic E-state index is 14.0. The number of aliphatic carboxylic acids is 1. The summed E-state index contributed by atoms with van der Waals surface area (Å²) in [5.74, 6) is -1.52. The zero-order valence-corrected chi connectivity index (χ0v) is 7.50. The number of hydrogen-bond donors (Lipinski definition) is 1. The number of hydrogen-bond acceptors (Lipinski definition) is 2. The predicted octanol–water partition coefficient (Wildman–Crippen LogP) is 0.895. The number of carbonyl (C=O) groups is 1. The minimum atomic E-state index is -1.95. The SMILES string of the molecule is O=C(O)C1(F)CCN2CCC1CC2. The van der Waals surface area contributed by atoms with Gasteiger partial charge in [0.2, 0.25) is 5.67 Å². The second kappa shape index (κ2) is 2.94. The van der Waals surface area contributed by atoms with Gasteiger partial charge in [-0.3, -0.25) is 0 Å². The van der Waals surface area contributed by atoms with E-state index in [1.807, 2.05) is 0 Å². The van der Waals surface area contributed by atoms with E-state index in [1.54, 1.807) is 0 Å². The van der Waals surface area contributed by atoms with Gasteiger partial charge >= 0.3 is 5.97 Å². The Bertz CT molecular complexity index is 226. The highest BCUT2D eigenvalue weighted by Gasteiger charge is 2.49. The summed E-state index contributed by atoms with van der Waals surface area (Å²) in [6.45, 7) is 2.33. The number of alkyl halides is 1. The van der Waals surface area contributed by atoms with Gasteiger partial charge in [0.25, 0.3) is 0 Å². The molecule has 1 N–H and O–H groups in total. The molecule has 3 fully saturated rings. The Labute approximate surface area is 76.5 Å². The number of piperidine rings is 1. The van der Waals surface area contributed by atoms with Crippen molar-refractivity contribution in [2.75, 3.05) is 19.6 Å². The van der Waals surface area contributed by atoms with Crippen LogP contribution in [0, 0.1) is 5.92 Å². The molecule has 0 aromatic heterocycles. The molecular formula is C9H14FNO2. The van der Waals surface area contributed by atoms with Crippen molar-refractivity contribution in [2.45, 2.75) is 24.9 Å². The standard InChI is InChI=1S/C9H14FNO2/c10-9(8(12)13)3-6-11-4-1-7(9)2-5-11/h7H,1-6H2,(H,12,13). The van der Waals surface area contributed by atoms with Crippen LogP contribution in [-0.2, 0) is 4.79 Å². The molecule has 74 valence electrons. The van der Waals surface area contributed by atoms with Gasteiger partial charge in [-0.25, -0.2) is 9.18 Å². The molecule has 0 radical (unpaired) electrons. The van der Waals surface area contributed by atoms with Crippen molar-refractivity contribution in [2.24, 2.45) is 5.92 Å². The van der Waals surface area contributed by atoms with Crippen LogP contribution in [-0.4, -0.2) is 41.3 Å². The lowest BCUT2D eigenvalue weighted by Gasteiger charge is -2.30. The first-order chi connectivity index (χ1) is 6.13. The molecule has 4 heteroatoms. The molecule has 13 heavy (non-hydrogen) atoms. The Morgan fingerprint density at radius 3 is 2.54 bits per heavy atom. The largest absolute Gasteiger partial charge is 0.479 e. The van der Waals surface area contributed by atoms with Crippen molar-refractivity contribution in [1.29, 1.82) is 0 Å². The maximum Gasteiger partial charge on any atom is 0.341 e. The predicted molar refractivity (Wildman–Crippen MR) is 45.3 cm³/mol. The molecule has 1 unspecified atom stereocenters. The molecule has 0 spiro atoms. The molecular weight excluding hydrogens is 173 g/mol. The van der Waals surface area contributed by atoms with E-state index in [9.17, 15) is 9.18 Å². The van der Waals surface area contributed by atoms with E-state index in [0.29, 0.717) is 19.4 Å². The fraction of sp³-hybridized carbons (Fsp3) is 0.889. The average molecular weight is 187 g/mol. The zero-order valence-electron chi connectivity index (χ0n) is 7.50. The van der Waals surface area contributed by atoms with Gasteiger partial charge in [0, 0.05) is 18.9 Å². The Balaban J connectivity index is 2.23. The van der Waals surface area contributed by atoms with Crippen molar-refractivity contribution < 1.29 is 14.3 Å². The molecule has 1 atom stereocenters. The Hall–Kier alpha value is -0.640. The van der Waals surface area contributed by atoms with Crippen molar-refractivity contribution in [3.05, 3.63) is 0 Å². The molecule has 3 aliphatic rings.